The maximum Gasteiger partial charge on any atom is 0.146 e. The third-order valence-electron chi connectivity index (χ3n) is 4.69. The average molecular weight is 365 g/mol. The van der Waals surface area contributed by atoms with Gasteiger partial charge in [-0.15, -0.1) is 0 Å². The van der Waals surface area contributed by atoms with Crippen LogP contribution in [0, 0.1) is 11.3 Å². The third-order valence-corrected chi connectivity index (χ3v) is 4.69. The second kappa shape index (κ2) is 8.85. The molecule has 3 rings (SSSR count). The van der Waals surface area contributed by atoms with Gasteiger partial charge in [-0.2, -0.15) is 5.26 Å². The molecule has 1 aromatic heterocycles. The predicted molar refractivity (Wildman–Crippen MR) is 108 cm³/mol. The van der Waals surface area contributed by atoms with Gasteiger partial charge < -0.3 is 20.6 Å². The minimum absolute atomic E-state index is 0.319. The van der Waals surface area contributed by atoms with Gasteiger partial charge in [0, 0.05) is 38.4 Å². The van der Waals surface area contributed by atoms with E-state index in [9.17, 15) is 10.4 Å². The lowest BCUT2D eigenvalue weighted by molar-refractivity contribution is 0.181. The Bertz CT molecular complexity index is 800. The van der Waals surface area contributed by atoms with Gasteiger partial charge >= 0.3 is 0 Å². The fraction of sp³-hybridized carbons (Fsp3) is 0.429. The van der Waals surface area contributed by atoms with Gasteiger partial charge in [0.15, 0.2) is 0 Å². The lowest BCUT2D eigenvalue weighted by Crippen LogP contribution is -2.35. The molecular formula is C21H27N5O. The smallest absolute Gasteiger partial charge is 0.146 e. The Morgan fingerprint density at radius 1 is 1.26 bits per heavy atom. The molecule has 1 atom stereocenters. The van der Waals surface area contributed by atoms with Crippen molar-refractivity contribution in [2.24, 2.45) is 0 Å². The molecule has 0 saturated carbocycles. The molecule has 27 heavy (non-hydrogen) atoms. The summed E-state index contributed by atoms with van der Waals surface area (Å²) in [6.07, 6.45) is 2.20. The SMILES string of the molecule is CC(C)NCC(O)CNc1ncc2c(c1C#N)N(Cc1ccccc1)CC2. The molecule has 0 bridgehead atoms. The number of nitriles is 1. The first kappa shape index (κ1) is 19.2. The molecular weight excluding hydrogens is 338 g/mol. The Morgan fingerprint density at radius 3 is 2.74 bits per heavy atom. The summed E-state index contributed by atoms with van der Waals surface area (Å²) in [4.78, 5) is 6.68. The van der Waals surface area contributed by atoms with E-state index in [1.807, 2.05) is 38.2 Å². The number of aliphatic hydroxyl groups excluding tert-OH is 1. The molecule has 142 valence electrons. The third kappa shape index (κ3) is 4.76. The van der Waals surface area contributed by atoms with Crippen molar-refractivity contribution in [1.29, 1.82) is 5.26 Å². The number of fused-ring (bicyclic) bond motifs is 1. The monoisotopic (exact) mass is 365 g/mol. The molecule has 1 unspecified atom stereocenters. The van der Waals surface area contributed by atoms with E-state index in [0.717, 1.165) is 30.8 Å². The summed E-state index contributed by atoms with van der Waals surface area (Å²) in [7, 11) is 0. The van der Waals surface area contributed by atoms with E-state index in [0.29, 0.717) is 30.5 Å². The molecule has 0 fully saturated rings. The van der Waals surface area contributed by atoms with E-state index in [-0.39, 0.29) is 0 Å². The van der Waals surface area contributed by atoms with Crippen molar-refractivity contribution >= 4 is 11.5 Å². The van der Waals surface area contributed by atoms with Crippen LogP contribution < -0.4 is 15.5 Å². The number of anilines is 2. The van der Waals surface area contributed by atoms with Gasteiger partial charge in [-0.3, -0.25) is 0 Å². The Morgan fingerprint density at radius 2 is 2.04 bits per heavy atom. The number of aromatic nitrogens is 1. The second-order valence-corrected chi connectivity index (χ2v) is 7.22. The number of nitrogens with zero attached hydrogens (tertiary/aromatic N) is 3. The van der Waals surface area contributed by atoms with E-state index >= 15 is 0 Å². The van der Waals surface area contributed by atoms with Crippen molar-refractivity contribution in [3.8, 4) is 6.07 Å². The first-order valence-corrected chi connectivity index (χ1v) is 9.44. The van der Waals surface area contributed by atoms with Crippen LogP contribution in [0.5, 0.6) is 0 Å². The molecule has 1 aromatic carbocycles. The Hall–Kier alpha value is -2.62. The Kier molecular flexibility index (Phi) is 6.28. The zero-order valence-electron chi connectivity index (χ0n) is 15.9. The first-order chi connectivity index (χ1) is 13.1. The average Bonchev–Trinajstić information content (AvgIpc) is 3.08. The lowest BCUT2D eigenvalue weighted by atomic mass is 10.1. The van der Waals surface area contributed by atoms with Crippen LogP contribution in [0.1, 0.15) is 30.5 Å². The fourth-order valence-electron chi connectivity index (χ4n) is 3.31. The van der Waals surface area contributed by atoms with Crippen LogP contribution in [-0.4, -0.2) is 41.9 Å². The summed E-state index contributed by atoms with van der Waals surface area (Å²) < 4.78 is 0. The topological polar surface area (TPSA) is 84.2 Å². The minimum atomic E-state index is -0.547. The molecule has 6 heteroatoms. The Balaban J connectivity index is 1.74. The van der Waals surface area contributed by atoms with Crippen molar-refractivity contribution in [3.05, 3.63) is 53.2 Å². The van der Waals surface area contributed by atoms with Gasteiger partial charge in [0.05, 0.1) is 11.8 Å². The zero-order chi connectivity index (χ0) is 19.2. The molecule has 2 aromatic rings. The van der Waals surface area contributed by atoms with Crippen LogP contribution in [0.3, 0.4) is 0 Å². The first-order valence-electron chi connectivity index (χ1n) is 9.44. The molecule has 0 saturated heterocycles. The highest BCUT2D eigenvalue weighted by atomic mass is 16.3. The van der Waals surface area contributed by atoms with E-state index in [1.165, 1.54) is 5.56 Å². The second-order valence-electron chi connectivity index (χ2n) is 7.22. The summed E-state index contributed by atoms with van der Waals surface area (Å²) in [5.41, 5.74) is 3.85. The van der Waals surface area contributed by atoms with Gasteiger partial charge in [0.25, 0.3) is 0 Å². The summed E-state index contributed by atoms with van der Waals surface area (Å²) in [6, 6.07) is 12.9. The van der Waals surface area contributed by atoms with E-state index in [4.69, 9.17) is 0 Å². The van der Waals surface area contributed by atoms with E-state index < -0.39 is 6.10 Å². The van der Waals surface area contributed by atoms with Crippen molar-refractivity contribution in [2.75, 3.05) is 29.9 Å². The normalized spacial score (nSPS) is 14.1. The summed E-state index contributed by atoms with van der Waals surface area (Å²) in [5, 5.41) is 26.2. The Labute approximate surface area is 160 Å². The highest BCUT2D eigenvalue weighted by Crippen LogP contribution is 2.35. The molecule has 0 amide bonds. The van der Waals surface area contributed by atoms with Gasteiger partial charge in [-0.05, 0) is 17.5 Å². The van der Waals surface area contributed by atoms with Crippen molar-refractivity contribution in [1.82, 2.24) is 10.3 Å². The number of rotatable bonds is 8. The molecule has 1 aliphatic heterocycles. The number of hydrogen-bond acceptors (Lipinski definition) is 6. The van der Waals surface area contributed by atoms with Crippen LogP contribution in [-0.2, 0) is 13.0 Å². The highest BCUT2D eigenvalue weighted by molar-refractivity contribution is 5.74. The highest BCUT2D eigenvalue weighted by Gasteiger charge is 2.25. The summed E-state index contributed by atoms with van der Waals surface area (Å²) in [6.45, 7) is 6.57. The molecule has 0 radical (unpaired) electrons. The number of benzene rings is 1. The van der Waals surface area contributed by atoms with Gasteiger partial charge in [-0.1, -0.05) is 44.2 Å². The molecule has 0 aliphatic carbocycles. The maximum atomic E-state index is 10.1. The quantitative estimate of drug-likeness (QED) is 0.666. The van der Waals surface area contributed by atoms with Crippen LogP contribution >= 0.6 is 0 Å². The van der Waals surface area contributed by atoms with Crippen molar-refractivity contribution < 1.29 is 5.11 Å². The predicted octanol–water partition coefficient (Wildman–Crippen LogP) is 2.29. The maximum absolute atomic E-state index is 10.1. The van der Waals surface area contributed by atoms with Crippen LogP contribution in [0.25, 0.3) is 0 Å². The number of aliphatic hydroxyl groups is 1. The van der Waals surface area contributed by atoms with Gasteiger partial charge in [-0.25, -0.2) is 4.98 Å². The van der Waals surface area contributed by atoms with Crippen LogP contribution in [0.15, 0.2) is 36.5 Å². The summed E-state index contributed by atoms with van der Waals surface area (Å²) in [5.74, 6) is 0.541. The molecule has 0 spiro atoms. The molecule has 6 nitrogen and oxygen atoms in total. The van der Waals surface area contributed by atoms with Crippen molar-refractivity contribution in [2.45, 2.75) is 39.0 Å². The van der Waals surface area contributed by atoms with Gasteiger partial charge in [0.1, 0.15) is 17.5 Å². The number of pyridine rings is 1. The fourth-order valence-corrected chi connectivity index (χ4v) is 3.31. The lowest BCUT2D eigenvalue weighted by Gasteiger charge is -2.22. The number of hydrogen-bond donors (Lipinski definition) is 3. The molecule has 2 heterocycles. The molecule has 1 aliphatic rings. The van der Waals surface area contributed by atoms with Gasteiger partial charge in [0.2, 0.25) is 0 Å². The van der Waals surface area contributed by atoms with Crippen LogP contribution in [0.4, 0.5) is 11.5 Å². The van der Waals surface area contributed by atoms with Crippen molar-refractivity contribution in [3.63, 3.8) is 0 Å². The largest absolute Gasteiger partial charge is 0.390 e. The van der Waals surface area contributed by atoms with Crippen LogP contribution in [0.2, 0.25) is 0 Å². The standard InChI is InChI=1S/C21H27N5O/c1-15(2)23-12-18(27)13-25-21-19(10-22)20-17(11-24-21)8-9-26(20)14-16-6-4-3-5-7-16/h3-7,11,15,18,23,27H,8-9,12-14H2,1-2H3,(H,24,25). The molecule has 3 N–H and O–H groups in total. The van der Waals surface area contributed by atoms with E-state index in [2.05, 4.69) is 38.7 Å². The zero-order valence-corrected chi connectivity index (χ0v) is 15.9. The number of nitrogens with one attached hydrogen (secondary N) is 2. The minimum Gasteiger partial charge on any atom is -0.390 e. The summed E-state index contributed by atoms with van der Waals surface area (Å²) >= 11 is 0. The van der Waals surface area contributed by atoms with E-state index in [1.54, 1.807) is 0 Å².